The van der Waals surface area contributed by atoms with Gasteiger partial charge in [0.25, 0.3) is 0 Å². The van der Waals surface area contributed by atoms with E-state index in [1.165, 1.54) is 0 Å². The summed E-state index contributed by atoms with van der Waals surface area (Å²) in [7, 11) is 0. The molecule has 0 aromatic carbocycles. The lowest BCUT2D eigenvalue weighted by atomic mass is 9.80. The molecule has 88 valence electrons. The van der Waals surface area contributed by atoms with Crippen LogP contribution in [0.1, 0.15) is 41.0 Å². The monoisotopic (exact) mass is 213 g/mol. The summed E-state index contributed by atoms with van der Waals surface area (Å²) < 4.78 is 0. The Balaban J connectivity index is 2.56. The minimum atomic E-state index is -0.653. The Labute approximate surface area is 92.5 Å². The molecule has 0 unspecified atom stereocenters. The molecule has 1 aliphatic rings. The first kappa shape index (κ1) is 12.5. The van der Waals surface area contributed by atoms with Crippen LogP contribution < -0.4 is 0 Å². The molecule has 1 heterocycles. The van der Waals surface area contributed by atoms with Gasteiger partial charge in [0.05, 0.1) is 13.1 Å². The molecule has 0 saturated carbocycles. The minimum Gasteiger partial charge on any atom is -0.386 e. The van der Waals surface area contributed by atoms with Crippen molar-refractivity contribution in [2.24, 2.45) is 11.3 Å². The fourth-order valence-corrected chi connectivity index (χ4v) is 1.70. The van der Waals surface area contributed by atoms with E-state index in [9.17, 15) is 9.90 Å². The van der Waals surface area contributed by atoms with E-state index in [1.54, 1.807) is 4.90 Å². The summed E-state index contributed by atoms with van der Waals surface area (Å²) in [5.41, 5.74) is -0.947. The molecule has 15 heavy (non-hydrogen) atoms. The van der Waals surface area contributed by atoms with Crippen LogP contribution in [0, 0.1) is 11.3 Å². The lowest BCUT2D eigenvalue weighted by Gasteiger charge is -2.51. The van der Waals surface area contributed by atoms with Crippen LogP contribution in [0.15, 0.2) is 0 Å². The Morgan fingerprint density at radius 1 is 1.47 bits per heavy atom. The third-order valence-electron chi connectivity index (χ3n) is 3.75. The smallest absolute Gasteiger partial charge is 0.228 e. The molecule has 0 radical (unpaired) electrons. The van der Waals surface area contributed by atoms with Gasteiger partial charge in [-0.1, -0.05) is 34.6 Å². The summed E-state index contributed by atoms with van der Waals surface area (Å²) in [6, 6.07) is 0. The van der Waals surface area contributed by atoms with Gasteiger partial charge in [0.1, 0.15) is 5.60 Å². The number of carbonyl (C=O) groups excluding carboxylic acids is 1. The molecule has 0 aliphatic carbocycles. The van der Waals surface area contributed by atoms with E-state index in [0.717, 1.165) is 6.42 Å². The zero-order chi connectivity index (χ0) is 11.9. The summed E-state index contributed by atoms with van der Waals surface area (Å²) in [5.74, 6) is 0.376. The number of nitrogens with zero attached hydrogens (tertiary/aromatic N) is 1. The maximum absolute atomic E-state index is 12.0. The summed E-state index contributed by atoms with van der Waals surface area (Å²) in [4.78, 5) is 13.8. The third kappa shape index (κ3) is 2.17. The van der Waals surface area contributed by atoms with Gasteiger partial charge in [-0.15, -0.1) is 0 Å². The van der Waals surface area contributed by atoms with Crippen LogP contribution in [0.2, 0.25) is 0 Å². The Kier molecular flexibility index (Phi) is 3.15. The van der Waals surface area contributed by atoms with Crippen molar-refractivity contribution >= 4 is 5.91 Å². The molecule has 1 fully saturated rings. The number of β-amino-alcohol motifs (C(OH)–C–C–N with tert-alkyl or cyclic N) is 1. The van der Waals surface area contributed by atoms with Gasteiger partial charge in [-0.25, -0.2) is 0 Å². The first-order valence-corrected chi connectivity index (χ1v) is 5.74. The fourth-order valence-electron chi connectivity index (χ4n) is 1.70. The molecule has 1 N–H and O–H groups in total. The van der Waals surface area contributed by atoms with Gasteiger partial charge in [0, 0.05) is 5.41 Å². The summed E-state index contributed by atoms with van der Waals surface area (Å²) >= 11 is 0. The minimum absolute atomic E-state index is 0.162. The van der Waals surface area contributed by atoms with E-state index in [0.29, 0.717) is 13.1 Å². The Bertz CT molecular complexity index is 252. The Hall–Kier alpha value is -0.570. The number of likely N-dealkylation sites (tertiary alicyclic amines) is 1. The zero-order valence-electron chi connectivity index (χ0n) is 10.5. The van der Waals surface area contributed by atoms with Crippen molar-refractivity contribution in [3.8, 4) is 0 Å². The highest BCUT2D eigenvalue weighted by Gasteiger charge is 2.48. The van der Waals surface area contributed by atoms with Crippen LogP contribution in [0.5, 0.6) is 0 Å². The van der Waals surface area contributed by atoms with Gasteiger partial charge in [-0.3, -0.25) is 4.79 Å². The van der Waals surface area contributed by atoms with Crippen molar-refractivity contribution in [3.05, 3.63) is 0 Å². The van der Waals surface area contributed by atoms with E-state index in [1.807, 2.05) is 34.6 Å². The van der Waals surface area contributed by atoms with E-state index < -0.39 is 5.60 Å². The largest absolute Gasteiger partial charge is 0.386 e. The van der Waals surface area contributed by atoms with Crippen molar-refractivity contribution in [2.75, 3.05) is 13.1 Å². The van der Waals surface area contributed by atoms with Crippen LogP contribution in [0.3, 0.4) is 0 Å². The van der Waals surface area contributed by atoms with Gasteiger partial charge in [-0.05, 0) is 12.3 Å². The molecule has 0 spiro atoms. The van der Waals surface area contributed by atoms with Crippen LogP contribution in [0.4, 0.5) is 0 Å². The van der Waals surface area contributed by atoms with Gasteiger partial charge in [0.2, 0.25) is 5.91 Å². The van der Waals surface area contributed by atoms with E-state index in [-0.39, 0.29) is 17.2 Å². The van der Waals surface area contributed by atoms with Crippen LogP contribution in [0.25, 0.3) is 0 Å². The quantitative estimate of drug-likeness (QED) is 0.774. The average molecular weight is 213 g/mol. The van der Waals surface area contributed by atoms with Gasteiger partial charge in [-0.2, -0.15) is 0 Å². The number of rotatable bonds is 3. The normalized spacial score (nSPS) is 20.3. The second-order valence-corrected chi connectivity index (χ2v) is 5.66. The topological polar surface area (TPSA) is 40.5 Å². The van der Waals surface area contributed by atoms with E-state index in [2.05, 4.69) is 0 Å². The lowest BCUT2D eigenvalue weighted by molar-refractivity contribution is -0.172. The second kappa shape index (κ2) is 3.78. The number of carbonyl (C=O) groups is 1. The van der Waals surface area contributed by atoms with Gasteiger partial charge >= 0.3 is 0 Å². The molecule has 0 aromatic rings. The fraction of sp³-hybridized carbons (Fsp3) is 0.917. The number of hydrogen-bond donors (Lipinski definition) is 1. The maximum Gasteiger partial charge on any atom is 0.228 e. The molecule has 0 aromatic heterocycles. The van der Waals surface area contributed by atoms with Gasteiger partial charge < -0.3 is 10.0 Å². The number of amides is 1. The first-order valence-electron chi connectivity index (χ1n) is 5.74. The molecule has 0 atom stereocenters. The van der Waals surface area contributed by atoms with Crippen molar-refractivity contribution in [1.82, 2.24) is 4.90 Å². The molecular formula is C12H23NO2. The van der Waals surface area contributed by atoms with Crippen LogP contribution >= 0.6 is 0 Å². The third-order valence-corrected chi connectivity index (χ3v) is 3.75. The van der Waals surface area contributed by atoms with Crippen molar-refractivity contribution < 1.29 is 9.90 Å². The highest BCUT2D eigenvalue weighted by molar-refractivity contribution is 5.82. The predicted octanol–water partition coefficient (Wildman–Crippen LogP) is 1.65. The van der Waals surface area contributed by atoms with Crippen LogP contribution in [-0.2, 0) is 4.79 Å². The summed E-state index contributed by atoms with van der Waals surface area (Å²) in [6.45, 7) is 10.9. The van der Waals surface area contributed by atoms with Gasteiger partial charge in [0.15, 0.2) is 0 Å². The van der Waals surface area contributed by atoms with Crippen molar-refractivity contribution in [1.29, 1.82) is 0 Å². The van der Waals surface area contributed by atoms with Crippen molar-refractivity contribution in [2.45, 2.75) is 46.6 Å². The molecule has 0 bridgehead atoms. The lowest BCUT2D eigenvalue weighted by Crippen LogP contribution is -2.67. The number of hydrogen-bond acceptors (Lipinski definition) is 2. The SMILES string of the molecule is CCC(C)(C)C(=O)N1CC(O)(C(C)C)C1. The highest BCUT2D eigenvalue weighted by atomic mass is 16.3. The summed E-state index contributed by atoms with van der Waals surface area (Å²) in [6.07, 6.45) is 0.836. The zero-order valence-corrected chi connectivity index (χ0v) is 10.5. The highest BCUT2D eigenvalue weighted by Crippen LogP contribution is 2.33. The molecule has 1 rings (SSSR count). The standard InChI is InChI=1S/C12H23NO2/c1-6-11(4,5)10(14)13-7-12(15,8-13)9(2)3/h9,15H,6-8H2,1-5H3. The van der Waals surface area contributed by atoms with Crippen molar-refractivity contribution in [3.63, 3.8) is 0 Å². The average Bonchev–Trinajstić information content (AvgIpc) is 2.11. The molecule has 3 heteroatoms. The molecule has 1 saturated heterocycles. The Morgan fingerprint density at radius 2 is 1.93 bits per heavy atom. The van der Waals surface area contributed by atoms with Crippen LogP contribution in [-0.4, -0.2) is 34.6 Å². The second-order valence-electron chi connectivity index (χ2n) is 5.66. The molecule has 1 aliphatic heterocycles. The first-order chi connectivity index (χ1) is 6.73. The molecule has 3 nitrogen and oxygen atoms in total. The number of aliphatic hydroxyl groups is 1. The predicted molar refractivity (Wildman–Crippen MR) is 60.4 cm³/mol. The van der Waals surface area contributed by atoms with E-state index >= 15 is 0 Å². The molecule has 1 amide bonds. The Morgan fingerprint density at radius 3 is 2.27 bits per heavy atom. The van der Waals surface area contributed by atoms with E-state index in [4.69, 9.17) is 0 Å². The summed E-state index contributed by atoms with van der Waals surface area (Å²) in [5, 5.41) is 10.1. The molecular weight excluding hydrogens is 190 g/mol. The maximum atomic E-state index is 12.0.